The minimum absolute atomic E-state index is 0.00752. The summed E-state index contributed by atoms with van der Waals surface area (Å²) in [6, 6.07) is 8.01. The predicted octanol–water partition coefficient (Wildman–Crippen LogP) is 2.41. The van der Waals surface area contributed by atoms with Gasteiger partial charge in [-0.25, -0.2) is 0 Å². The van der Waals surface area contributed by atoms with Gasteiger partial charge < -0.3 is 25.2 Å². The molecule has 0 aromatic heterocycles. The van der Waals surface area contributed by atoms with Crippen molar-refractivity contribution in [1.82, 2.24) is 10.6 Å². The molecule has 1 fully saturated rings. The number of esters is 1. The summed E-state index contributed by atoms with van der Waals surface area (Å²) in [5, 5.41) is 16.8. The van der Waals surface area contributed by atoms with E-state index in [0.717, 1.165) is 43.5 Å². The Hall–Kier alpha value is -2.28. The third-order valence-corrected chi connectivity index (χ3v) is 4.92. The predicted molar refractivity (Wildman–Crippen MR) is 114 cm³/mol. The molecule has 2 rings (SSSR count). The van der Waals surface area contributed by atoms with Gasteiger partial charge in [-0.3, -0.25) is 9.79 Å². The molecule has 1 aromatic carbocycles. The molecular formula is C22H35N3O4. The lowest BCUT2D eigenvalue weighted by Crippen LogP contribution is -2.45. The number of aliphatic hydroxyl groups is 1. The normalized spacial score (nSPS) is 20.6. The van der Waals surface area contributed by atoms with E-state index in [1.54, 1.807) is 0 Å². The number of benzene rings is 1. The van der Waals surface area contributed by atoms with Crippen molar-refractivity contribution in [2.75, 3.05) is 26.3 Å². The van der Waals surface area contributed by atoms with Crippen LogP contribution in [0.4, 0.5) is 0 Å². The summed E-state index contributed by atoms with van der Waals surface area (Å²) >= 11 is 0. The van der Waals surface area contributed by atoms with E-state index in [-0.39, 0.29) is 31.1 Å². The molecule has 7 nitrogen and oxygen atoms in total. The Labute approximate surface area is 173 Å². The number of hydrogen-bond donors (Lipinski definition) is 3. The molecule has 1 unspecified atom stereocenters. The zero-order valence-electron chi connectivity index (χ0n) is 17.8. The molecule has 0 amide bonds. The minimum Gasteiger partial charge on any atom is -0.491 e. The number of aryl methyl sites for hydroxylation is 1. The third-order valence-electron chi connectivity index (χ3n) is 4.92. The molecule has 0 heterocycles. The van der Waals surface area contributed by atoms with E-state index in [1.807, 2.05) is 45.0 Å². The first-order valence-corrected chi connectivity index (χ1v) is 10.6. The molecule has 7 heteroatoms. The quantitative estimate of drug-likeness (QED) is 0.332. The van der Waals surface area contributed by atoms with Crippen LogP contribution in [0.15, 0.2) is 29.3 Å². The number of rotatable bonds is 9. The monoisotopic (exact) mass is 405 g/mol. The number of hydrogen-bond acceptors (Lipinski definition) is 5. The summed E-state index contributed by atoms with van der Waals surface area (Å²) in [5.41, 5.74) is 1.12. The van der Waals surface area contributed by atoms with Gasteiger partial charge in [-0.2, -0.15) is 0 Å². The maximum Gasteiger partial charge on any atom is 0.308 e. The highest BCUT2D eigenvalue weighted by Crippen LogP contribution is 2.25. The van der Waals surface area contributed by atoms with Crippen molar-refractivity contribution in [2.24, 2.45) is 10.9 Å². The topological polar surface area (TPSA) is 92.2 Å². The van der Waals surface area contributed by atoms with Gasteiger partial charge in [0, 0.05) is 12.6 Å². The summed E-state index contributed by atoms with van der Waals surface area (Å²) in [4.78, 5) is 16.4. The van der Waals surface area contributed by atoms with Crippen molar-refractivity contribution >= 4 is 11.9 Å². The summed E-state index contributed by atoms with van der Waals surface area (Å²) in [6.45, 7) is 7.46. The molecule has 1 atom stereocenters. The average Bonchev–Trinajstić information content (AvgIpc) is 2.71. The van der Waals surface area contributed by atoms with Crippen molar-refractivity contribution in [3.63, 3.8) is 0 Å². The molecule has 1 aliphatic carbocycles. The molecule has 0 bridgehead atoms. The fraction of sp³-hybridized carbons (Fsp3) is 0.636. The zero-order valence-corrected chi connectivity index (χ0v) is 17.8. The fourth-order valence-corrected chi connectivity index (χ4v) is 3.39. The van der Waals surface area contributed by atoms with Crippen LogP contribution in [0.1, 0.15) is 45.1 Å². The highest BCUT2D eigenvalue weighted by atomic mass is 16.5. The molecule has 1 saturated carbocycles. The van der Waals surface area contributed by atoms with Crippen LogP contribution < -0.4 is 15.4 Å². The highest BCUT2D eigenvalue weighted by Gasteiger charge is 2.27. The van der Waals surface area contributed by atoms with E-state index in [2.05, 4.69) is 15.6 Å². The van der Waals surface area contributed by atoms with Crippen molar-refractivity contribution in [3.05, 3.63) is 29.8 Å². The molecule has 162 valence electrons. The SMILES string of the molecule is CCNC(=NCC(O)COc1cccc(C)c1)NC1CCC(C(=O)OCC)CC1. The van der Waals surface area contributed by atoms with Gasteiger partial charge in [0.05, 0.1) is 19.1 Å². The second kappa shape index (κ2) is 12.3. The molecule has 1 aliphatic rings. The smallest absolute Gasteiger partial charge is 0.308 e. The Bertz CT molecular complexity index is 657. The Balaban J connectivity index is 1.78. The van der Waals surface area contributed by atoms with Crippen LogP contribution in [0.25, 0.3) is 0 Å². The van der Waals surface area contributed by atoms with Gasteiger partial charge in [-0.05, 0) is 64.2 Å². The van der Waals surface area contributed by atoms with Gasteiger partial charge in [-0.1, -0.05) is 12.1 Å². The third kappa shape index (κ3) is 8.31. The first-order chi connectivity index (χ1) is 14.0. The maximum absolute atomic E-state index is 11.9. The number of nitrogens with one attached hydrogen (secondary N) is 2. The standard InChI is InChI=1S/C22H35N3O4/c1-4-23-22(25-18-11-9-17(10-12-18)21(27)28-5-2)24-14-19(26)15-29-20-8-6-7-16(3)13-20/h6-8,13,17-19,26H,4-5,9-12,14-15H2,1-3H3,(H2,23,24,25). The number of guanidine groups is 1. The fourth-order valence-electron chi connectivity index (χ4n) is 3.39. The molecule has 0 radical (unpaired) electrons. The van der Waals surface area contributed by atoms with Crippen LogP contribution in [0.3, 0.4) is 0 Å². The Kier molecular flexibility index (Phi) is 9.77. The zero-order chi connectivity index (χ0) is 21.1. The van der Waals surface area contributed by atoms with Gasteiger partial charge >= 0.3 is 5.97 Å². The van der Waals surface area contributed by atoms with E-state index in [1.165, 1.54) is 0 Å². The Morgan fingerprint density at radius 2 is 2.03 bits per heavy atom. The van der Waals surface area contributed by atoms with Crippen LogP contribution in [0, 0.1) is 12.8 Å². The second-order valence-electron chi connectivity index (χ2n) is 7.45. The number of carbonyl (C=O) groups is 1. The lowest BCUT2D eigenvalue weighted by atomic mass is 9.86. The molecular weight excluding hydrogens is 370 g/mol. The van der Waals surface area contributed by atoms with Gasteiger partial charge in [-0.15, -0.1) is 0 Å². The Morgan fingerprint density at radius 1 is 1.28 bits per heavy atom. The summed E-state index contributed by atoms with van der Waals surface area (Å²) in [7, 11) is 0. The highest BCUT2D eigenvalue weighted by molar-refractivity contribution is 5.80. The minimum atomic E-state index is -0.689. The molecule has 0 aliphatic heterocycles. The lowest BCUT2D eigenvalue weighted by molar-refractivity contribution is -0.149. The van der Waals surface area contributed by atoms with E-state index in [4.69, 9.17) is 9.47 Å². The first kappa shape index (κ1) is 23.0. The maximum atomic E-state index is 11.9. The van der Waals surface area contributed by atoms with Crippen molar-refractivity contribution in [3.8, 4) is 5.75 Å². The van der Waals surface area contributed by atoms with Crippen LogP contribution in [0.2, 0.25) is 0 Å². The number of ether oxygens (including phenoxy) is 2. The van der Waals surface area contributed by atoms with Crippen LogP contribution in [0.5, 0.6) is 5.75 Å². The van der Waals surface area contributed by atoms with E-state index >= 15 is 0 Å². The second-order valence-corrected chi connectivity index (χ2v) is 7.45. The average molecular weight is 406 g/mol. The molecule has 1 aromatic rings. The van der Waals surface area contributed by atoms with Crippen molar-refractivity contribution in [2.45, 2.75) is 58.6 Å². The summed E-state index contributed by atoms with van der Waals surface area (Å²) in [5.74, 6) is 1.36. The van der Waals surface area contributed by atoms with Crippen LogP contribution >= 0.6 is 0 Å². The lowest BCUT2D eigenvalue weighted by Gasteiger charge is -2.29. The van der Waals surface area contributed by atoms with Crippen molar-refractivity contribution in [1.29, 1.82) is 0 Å². The van der Waals surface area contributed by atoms with Crippen LogP contribution in [-0.2, 0) is 9.53 Å². The van der Waals surface area contributed by atoms with Gasteiger partial charge in [0.15, 0.2) is 5.96 Å². The first-order valence-electron chi connectivity index (χ1n) is 10.6. The van der Waals surface area contributed by atoms with E-state index in [9.17, 15) is 9.90 Å². The van der Waals surface area contributed by atoms with Gasteiger partial charge in [0.2, 0.25) is 0 Å². The molecule has 0 saturated heterocycles. The number of aliphatic imine (C=N–C) groups is 1. The van der Waals surface area contributed by atoms with E-state index < -0.39 is 6.10 Å². The van der Waals surface area contributed by atoms with Crippen molar-refractivity contribution < 1.29 is 19.4 Å². The van der Waals surface area contributed by atoms with Crippen LogP contribution in [-0.4, -0.2) is 55.5 Å². The summed E-state index contributed by atoms with van der Waals surface area (Å²) < 4.78 is 10.8. The molecule has 29 heavy (non-hydrogen) atoms. The van der Waals surface area contributed by atoms with Gasteiger partial charge in [0.25, 0.3) is 0 Å². The van der Waals surface area contributed by atoms with Gasteiger partial charge in [0.1, 0.15) is 18.5 Å². The Morgan fingerprint density at radius 3 is 2.69 bits per heavy atom. The largest absolute Gasteiger partial charge is 0.491 e. The van der Waals surface area contributed by atoms with E-state index in [0.29, 0.717) is 12.6 Å². The molecule has 3 N–H and O–H groups in total. The molecule has 0 spiro atoms. The number of carbonyl (C=O) groups excluding carboxylic acids is 1. The number of aliphatic hydroxyl groups excluding tert-OH is 1. The number of nitrogens with zero attached hydrogens (tertiary/aromatic N) is 1. The summed E-state index contributed by atoms with van der Waals surface area (Å²) in [6.07, 6.45) is 2.75.